The third kappa shape index (κ3) is 30.8. The Morgan fingerprint density at radius 2 is 0.907 bits per heavy atom. The number of esters is 2. The van der Waals surface area contributed by atoms with Crippen LogP contribution in [0.15, 0.2) is 0 Å². The summed E-state index contributed by atoms with van der Waals surface area (Å²) in [6.07, 6.45) is 28.6. The molecule has 256 valence electrons. The Morgan fingerprint density at radius 3 is 1.28 bits per heavy atom. The summed E-state index contributed by atoms with van der Waals surface area (Å²) < 4.78 is 31.8. The van der Waals surface area contributed by atoms with Gasteiger partial charge in [0, 0.05) is 20.0 Å². The van der Waals surface area contributed by atoms with Gasteiger partial charge in [-0.25, -0.2) is 4.57 Å². The lowest BCUT2D eigenvalue weighted by Gasteiger charge is -2.19. The van der Waals surface area contributed by atoms with Gasteiger partial charge in [-0.2, -0.15) is 0 Å². The molecular weight excluding hydrogens is 567 g/mol. The minimum Gasteiger partial charge on any atom is -0.462 e. The van der Waals surface area contributed by atoms with Crippen LogP contribution in [-0.4, -0.2) is 43.3 Å². The van der Waals surface area contributed by atoms with Gasteiger partial charge in [0.25, 0.3) is 0 Å². The first-order valence-electron chi connectivity index (χ1n) is 17.7. The van der Waals surface area contributed by atoms with Gasteiger partial charge in [-0.3, -0.25) is 18.6 Å². The van der Waals surface area contributed by atoms with E-state index in [2.05, 4.69) is 18.4 Å². The fraction of sp³-hybridized carbons (Fsp3) is 0.941. The summed E-state index contributed by atoms with van der Waals surface area (Å²) in [6.45, 7) is 3.87. The second kappa shape index (κ2) is 31.0. The van der Waals surface area contributed by atoms with Gasteiger partial charge in [-0.1, -0.05) is 155 Å². The third-order valence-electron chi connectivity index (χ3n) is 7.85. The van der Waals surface area contributed by atoms with Crippen molar-refractivity contribution >= 4 is 19.8 Å². The molecule has 2 atom stereocenters. The summed E-state index contributed by atoms with van der Waals surface area (Å²) in [6, 6.07) is 0. The average molecular weight is 635 g/mol. The molecule has 0 fully saturated rings. The van der Waals surface area contributed by atoms with Crippen LogP contribution in [0.2, 0.25) is 0 Å². The van der Waals surface area contributed by atoms with Crippen LogP contribution in [0, 0.1) is 0 Å². The predicted octanol–water partition coefficient (Wildman–Crippen LogP) is 10.4. The van der Waals surface area contributed by atoms with Crippen molar-refractivity contribution in [3.05, 3.63) is 0 Å². The number of carbonyl (C=O) groups is 2. The molecule has 0 aromatic carbocycles. The summed E-state index contributed by atoms with van der Waals surface area (Å²) in [5, 5.41) is 0. The van der Waals surface area contributed by atoms with E-state index < -0.39 is 26.5 Å². The molecule has 0 aliphatic carbocycles. The summed E-state index contributed by atoms with van der Waals surface area (Å²) in [5.41, 5.74) is 0. The van der Waals surface area contributed by atoms with Crippen molar-refractivity contribution in [2.45, 2.75) is 187 Å². The van der Waals surface area contributed by atoms with E-state index in [-0.39, 0.29) is 19.0 Å². The molecule has 0 rings (SSSR count). The van der Waals surface area contributed by atoms with Crippen LogP contribution < -0.4 is 0 Å². The van der Waals surface area contributed by atoms with Crippen molar-refractivity contribution in [2.75, 3.05) is 20.3 Å². The lowest BCUT2D eigenvalue weighted by atomic mass is 10.0. The van der Waals surface area contributed by atoms with E-state index in [0.29, 0.717) is 6.42 Å². The number of rotatable bonds is 33. The van der Waals surface area contributed by atoms with Gasteiger partial charge in [0.15, 0.2) is 6.10 Å². The standard InChI is InChI=1S/C34H67O8P/c1-4-6-8-10-12-14-16-17-19-21-23-25-27-29-34(36)42-32(31-41-43(37,38)39-3)30-40-33(35)28-26-24-22-20-18-15-13-11-9-7-5-2/h32H,4-31H2,1-3H3,(H,37,38). The highest BCUT2D eigenvalue weighted by Gasteiger charge is 2.24. The Hall–Kier alpha value is -0.950. The summed E-state index contributed by atoms with van der Waals surface area (Å²) in [4.78, 5) is 34.2. The number of phosphoric ester groups is 1. The van der Waals surface area contributed by atoms with Crippen LogP contribution in [-0.2, 0) is 32.7 Å². The van der Waals surface area contributed by atoms with Crippen LogP contribution in [0.5, 0.6) is 0 Å². The third-order valence-corrected chi connectivity index (χ3v) is 8.79. The van der Waals surface area contributed by atoms with Gasteiger partial charge in [-0.15, -0.1) is 0 Å². The molecule has 0 aromatic rings. The number of hydrogen-bond donors (Lipinski definition) is 1. The van der Waals surface area contributed by atoms with Gasteiger partial charge in [0.05, 0.1) is 6.61 Å². The molecule has 0 spiro atoms. The first-order valence-corrected chi connectivity index (χ1v) is 19.2. The predicted molar refractivity (Wildman–Crippen MR) is 175 cm³/mol. The minimum absolute atomic E-state index is 0.217. The van der Waals surface area contributed by atoms with Gasteiger partial charge in [-0.05, 0) is 12.8 Å². The van der Waals surface area contributed by atoms with Crippen molar-refractivity contribution in [2.24, 2.45) is 0 Å². The van der Waals surface area contributed by atoms with Gasteiger partial charge < -0.3 is 14.4 Å². The fourth-order valence-corrected chi connectivity index (χ4v) is 5.53. The summed E-state index contributed by atoms with van der Waals surface area (Å²) in [7, 11) is -3.18. The topological polar surface area (TPSA) is 108 Å². The fourth-order valence-electron chi connectivity index (χ4n) is 5.07. The van der Waals surface area contributed by atoms with Crippen LogP contribution in [0.3, 0.4) is 0 Å². The van der Waals surface area contributed by atoms with Crippen LogP contribution in [0.25, 0.3) is 0 Å². The largest absolute Gasteiger partial charge is 0.472 e. The molecule has 0 heterocycles. The maximum Gasteiger partial charge on any atom is 0.472 e. The minimum atomic E-state index is -4.24. The lowest BCUT2D eigenvalue weighted by Crippen LogP contribution is -2.29. The van der Waals surface area contributed by atoms with E-state index in [0.717, 1.165) is 45.6 Å². The van der Waals surface area contributed by atoms with Crippen LogP contribution in [0.1, 0.15) is 181 Å². The highest BCUT2D eigenvalue weighted by atomic mass is 31.2. The maximum absolute atomic E-state index is 12.4. The van der Waals surface area contributed by atoms with E-state index in [9.17, 15) is 19.0 Å². The van der Waals surface area contributed by atoms with Gasteiger partial charge >= 0.3 is 19.8 Å². The molecule has 43 heavy (non-hydrogen) atoms. The molecule has 0 aliphatic rings. The molecule has 0 amide bonds. The molecule has 8 nitrogen and oxygen atoms in total. The quantitative estimate of drug-likeness (QED) is 0.0431. The Labute approximate surface area is 264 Å². The summed E-state index contributed by atoms with van der Waals surface area (Å²) >= 11 is 0. The Bertz CT molecular complexity index is 687. The number of carbonyl (C=O) groups excluding carboxylic acids is 2. The molecular formula is C34H67O8P. The number of hydrogen-bond acceptors (Lipinski definition) is 7. The molecule has 9 heteroatoms. The van der Waals surface area contributed by atoms with Crippen molar-refractivity contribution in [3.63, 3.8) is 0 Å². The molecule has 0 saturated carbocycles. The zero-order chi connectivity index (χ0) is 31.9. The molecule has 0 saturated heterocycles. The maximum atomic E-state index is 12.4. The van der Waals surface area contributed by atoms with Crippen molar-refractivity contribution in [1.82, 2.24) is 0 Å². The van der Waals surface area contributed by atoms with E-state index in [1.807, 2.05) is 0 Å². The molecule has 0 aromatic heterocycles. The smallest absolute Gasteiger partial charge is 0.462 e. The Balaban J connectivity index is 4.06. The Kier molecular flexibility index (Phi) is 30.4. The number of ether oxygens (including phenoxy) is 2. The van der Waals surface area contributed by atoms with Crippen LogP contribution in [0.4, 0.5) is 0 Å². The highest BCUT2D eigenvalue weighted by Crippen LogP contribution is 2.42. The van der Waals surface area contributed by atoms with Gasteiger partial charge in [0.2, 0.25) is 0 Å². The number of unbranched alkanes of at least 4 members (excludes halogenated alkanes) is 22. The monoisotopic (exact) mass is 634 g/mol. The second-order valence-corrected chi connectivity index (χ2v) is 13.6. The van der Waals surface area contributed by atoms with E-state index in [4.69, 9.17) is 14.0 Å². The van der Waals surface area contributed by atoms with E-state index in [1.54, 1.807) is 0 Å². The molecule has 1 N–H and O–H groups in total. The molecule has 0 bridgehead atoms. The van der Waals surface area contributed by atoms with E-state index in [1.165, 1.54) is 116 Å². The van der Waals surface area contributed by atoms with Gasteiger partial charge in [0.1, 0.15) is 6.61 Å². The lowest BCUT2D eigenvalue weighted by molar-refractivity contribution is -0.161. The normalized spacial score (nSPS) is 13.5. The molecule has 2 unspecified atom stereocenters. The Morgan fingerprint density at radius 1 is 0.558 bits per heavy atom. The zero-order valence-electron chi connectivity index (χ0n) is 28.1. The summed E-state index contributed by atoms with van der Waals surface area (Å²) in [5.74, 6) is -0.796. The SMILES string of the molecule is CCCCCCCCCCCCCCCC(=O)OC(COC(=O)CCCCCCCCCCCCC)COP(=O)(O)OC. The van der Waals surface area contributed by atoms with Crippen molar-refractivity contribution < 1.29 is 37.6 Å². The average Bonchev–Trinajstić information content (AvgIpc) is 2.99. The van der Waals surface area contributed by atoms with Crippen LogP contribution >= 0.6 is 7.82 Å². The first kappa shape index (κ1) is 42.0. The van der Waals surface area contributed by atoms with Crippen molar-refractivity contribution in [3.8, 4) is 0 Å². The molecule has 0 radical (unpaired) electrons. The van der Waals surface area contributed by atoms with Crippen molar-refractivity contribution in [1.29, 1.82) is 0 Å². The van der Waals surface area contributed by atoms with E-state index >= 15 is 0 Å². The second-order valence-electron chi connectivity index (χ2n) is 12.0. The zero-order valence-corrected chi connectivity index (χ0v) is 29.0. The molecule has 0 aliphatic heterocycles. The first-order chi connectivity index (χ1) is 20.8. The number of phosphoric acid groups is 1. The highest BCUT2D eigenvalue weighted by molar-refractivity contribution is 7.47.